The van der Waals surface area contributed by atoms with Gasteiger partial charge in [-0.3, -0.25) is 14.4 Å². The highest BCUT2D eigenvalue weighted by Crippen LogP contribution is 2.23. The van der Waals surface area contributed by atoms with E-state index in [9.17, 15) is 9.59 Å². The number of imide groups is 1. The lowest BCUT2D eigenvalue weighted by Gasteiger charge is -2.13. The molecule has 0 bridgehead atoms. The van der Waals surface area contributed by atoms with Crippen molar-refractivity contribution in [2.24, 2.45) is 0 Å². The predicted octanol–water partition coefficient (Wildman–Crippen LogP) is 1.82. The average molecular weight is 284 g/mol. The molecule has 2 aromatic rings. The van der Waals surface area contributed by atoms with Gasteiger partial charge in [0.2, 0.25) is 5.88 Å². The number of methoxy groups -OCH3 is 1. The van der Waals surface area contributed by atoms with Crippen molar-refractivity contribution in [1.29, 1.82) is 0 Å². The van der Waals surface area contributed by atoms with Crippen LogP contribution in [0.25, 0.3) is 0 Å². The van der Waals surface area contributed by atoms with E-state index in [0.29, 0.717) is 17.0 Å². The summed E-state index contributed by atoms with van der Waals surface area (Å²) in [5.41, 5.74) is 1.44. The standard InChI is InChI=1S/C15H12N2O4/c1-20-13-7-6-10(8-16-13)9-21-17-14(18)11-4-2-3-5-12(11)15(17)19/h2-8H,9H2,1H3. The number of benzene rings is 1. The maximum absolute atomic E-state index is 12.1. The molecule has 0 fully saturated rings. The molecule has 0 saturated carbocycles. The van der Waals surface area contributed by atoms with Crippen LogP contribution in [0, 0.1) is 0 Å². The quantitative estimate of drug-likeness (QED) is 0.801. The third-order valence-corrected chi connectivity index (χ3v) is 3.12. The fourth-order valence-electron chi connectivity index (χ4n) is 2.04. The summed E-state index contributed by atoms with van der Waals surface area (Å²) in [5, 5.41) is 0.787. The van der Waals surface area contributed by atoms with Gasteiger partial charge in [0.05, 0.1) is 18.2 Å². The second-order valence-electron chi connectivity index (χ2n) is 4.43. The second-order valence-corrected chi connectivity index (χ2v) is 4.43. The van der Waals surface area contributed by atoms with Crippen LogP contribution in [0.3, 0.4) is 0 Å². The molecule has 0 spiro atoms. The van der Waals surface area contributed by atoms with Crippen LogP contribution in [0.4, 0.5) is 0 Å². The van der Waals surface area contributed by atoms with Crippen LogP contribution in [0.1, 0.15) is 26.3 Å². The van der Waals surface area contributed by atoms with Crippen molar-refractivity contribution in [1.82, 2.24) is 10.0 Å². The van der Waals surface area contributed by atoms with Gasteiger partial charge in [0.1, 0.15) is 6.61 Å². The second kappa shape index (κ2) is 5.34. The summed E-state index contributed by atoms with van der Waals surface area (Å²) in [6.07, 6.45) is 1.57. The van der Waals surface area contributed by atoms with E-state index in [1.165, 1.54) is 7.11 Å². The summed E-state index contributed by atoms with van der Waals surface area (Å²) in [7, 11) is 1.53. The molecule has 106 valence electrons. The lowest BCUT2D eigenvalue weighted by molar-refractivity contribution is -0.101. The first kappa shape index (κ1) is 13.3. The summed E-state index contributed by atoms with van der Waals surface area (Å²) in [5.74, 6) is -0.409. The molecule has 2 amide bonds. The Labute approximate surface area is 120 Å². The Bertz CT molecular complexity index is 662. The Hall–Kier alpha value is -2.73. The van der Waals surface area contributed by atoms with Gasteiger partial charge in [-0.15, -0.1) is 5.06 Å². The van der Waals surface area contributed by atoms with Gasteiger partial charge in [-0.2, -0.15) is 0 Å². The van der Waals surface area contributed by atoms with E-state index >= 15 is 0 Å². The lowest BCUT2D eigenvalue weighted by Crippen LogP contribution is -2.29. The predicted molar refractivity (Wildman–Crippen MR) is 72.5 cm³/mol. The number of hydroxylamine groups is 2. The Balaban J connectivity index is 1.72. The van der Waals surface area contributed by atoms with E-state index in [2.05, 4.69) is 4.98 Å². The van der Waals surface area contributed by atoms with Gasteiger partial charge in [-0.05, 0) is 23.8 Å². The number of aromatic nitrogens is 1. The highest BCUT2D eigenvalue weighted by atomic mass is 16.7. The van der Waals surface area contributed by atoms with Crippen LogP contribution in [0.2, 0.25) is 0 Å². The van der Waals surface area contributed by atoms with Gasteiger partial charge in [0.25, 0.3) is 11.8 Å². The lowest BCUT2D eigenvalue weighted by atomic mass is 10.1. The molecule has 21 heavy (non-hydrogen) atoms. The van der Waals surface area contributed by atoms with Crippen LogP contribution < -0.4 is 4.74 Å². The molecule has 6 nitrogen and oxygen atoms in total. The van der Waals surface area contributed by atoms with Crippen molar-refractivity contribution in [3.63, 3.8) is 0 Å². The summed E-state index contributed by atoms with van der Waals surface area (Å²) in [6.45, 7) is 0.0719. The molecule has 1 aromatic carbocycles. The van der Waals surface area contributed by atoms with E-state index < -0.39 is 11.8 Å². The zero-order valence-electron chi connectivity index (χ0n) is 11.3. The molecule has 0 atom stereocenters. The van der Waals surface area contributed by atoms with E-state index in [1.807, 2.05) is 0 Å². The maximum Gasteiger partial charge on any atom is 0.285 e. The van der Waals surface area contributed by atoms with Gasteiger partial charge in [0.15, 0.2) is 0 Å². The minimum absolute atomic E-state index is 0.0719. The van der Waals surface area contributed by atoms with Crippen molar-refractivity contribution in [3.05, 3.63) is 59.3 Å². The molecule has 2 heterocycles. The van der Waals surface area contributed by atoms with Crippen molar-refractivity contribution in [2.45, 2.75) is 6.61 Å². The van der Waals surface area contributed by atoms with E-state index in [0.717, 1.165) is 10.6 Å². The normalized spacial score (nSPS) is 13.5. The van der Waals surface area contributed by atoms with E-state index in [-0.39, 0.29) is 6.61 Å². The molecule has 1 aliphatic rings. The molecule has 1 aliphatic heterocycles. The van der Waals surface area contributed by atoms with Crippen molar-refractivity contribution in [3.8, 4) is 5.88 Å². The van der Waals surface area contributed by atoms with Gasteiger partial charge < -0.3 is 4.74 Å². The number of hydrogen-bond acceptors (Lipinski definition) is 5. The van der Waals surface area contributed by atoms with Crippen molar-refractivity contribution in [2.75, 3.05) is 7.11 Å². The summed E-state index contributed by atoms with van der Waals surface area (Å²) in [6, 6.07) is 10.1. The summed E-state index contributed by atoms with van der Waals surface area (Å²) in [4.78, 5) is 33.5. The molecule has 1 aromatic heterocycles. The Morgan fingerprint density at radius 2 is 1.71 bits per heavy atom. The zero-order chi connectivity index (χ0) is 14.8. The number of amides is 2. The van der Waals surface area contributed by atoms with Gasteiger partial charge in [0, 0.05) is 12.3 Å². The number of nitrogens with zero attached hydrogens (tertiary/aromatic N) is 2. The third kappa shape index (κ3) is 2.36. The first-order valence-corrected chi connectivity index (χ1v) is 6.30. The summed E-state index contributed by atoms with van der Waals surface area (Å²) >= 11 is 0. The minimum Gasteiger partial charge on any atom is -0.481 e. The number of pyridine rings is 1. The Morgan fingerprint density at radius 3 is 2.24 bits per heavy atom. The molecule has 0 N–H and O–H groups in total. The molecule has 0 radical (unpaired) electrons. The molecule has 0 unspecified atom stereocenters. The molecular weight excluding hydrogens is 272 g/mol. The molecule has 6 heteroatoms. The first-order valence-electron chi connectivity index (χ1n) is 6.30. The van der Waals surface area contributed by atoms with Gasteiger partial charge in [-0.1, -0.05) is 12.1 Å². The van der Waals surface area contributed by atoms with Gasteiger partial charge >= 0.3 is 0 Å². The Kier molecular flexibility index (Phi) is 3.37. The van der Waals surface area contributed by atoms with Crippen molar-refractivity contribution >= 4 is 11.8 Å². The van der Waals surface area contributed by atoms with Gasteiger partial charge in [-0.25, -0.2) is 4.98 Å². The zero-order valence-corrected chi connectivity index (χ0v) is 11.3. The number of hydrogen-bond donors (Lipinski definition) is 0. The number of carbonyl (C=O) groups is 2. The van der Waals surface area contributed by atoms with E-state index in [4.69, 9.17) is 9.57 Å². The fraction of sp³-hybridized carbons (Fsp3) is 0.133. The molecular formula is C15H12N2O4. The van der Waals surface area contributed by atoms with Crippen LogP contribution in [-0.2, 0) is 11.4 Å². The monoisotopic (exact) mass is 284 g/mol. The van der Waals surface area contributed by atoms with Crippen LogP contribution in [0.15, 0.2) is 42.6 Å². The number of ether oxygens (including phenoxy) is 1. The average Bonchev–Trinajstić information content (AvgIpc) is 2.78. The fourth-order valence-corrected chi connectivity index (χ4v) is 2.04. The molecule has 0 saturated heterocycles. The van der Waals surface area contributed by atoms with E-state index in [1.54, 1.807) is 42.6 Å². The topological polar surface area (TPSA) is 68.7 Å². The third-order valence-electron chi connectivity index (χ3n) is 3.12. The van der Waals surface area contributed by atoms with Crippen molar-refractivity contribution < 1.29 is 19.2 Å². The summed E-state index contributed by atoms with van der Waals surface area (Å²) < 4.78 is 4.95. The van der Waals surface area contributed by atoms with Crippen LogP contribution in [-0.4, -0.2) is 29.0 Å². The number of fused-ring (bicyclic) bond motifs is 1. The maximum atomic E-state index is 12.1. The molecule has 3 rings (SSSR count). The number of rotatable bonds is 4. The van der Waals surface area contributed by atoms with Crippen LogP contribution in [0.5, 0.6) is 5.88 Å². The first-order chi connectivity index (χ1) is 10.2. The smallest absolute Gasteiger partial charge is 0.285 e. The van der Waals surface area contributed by atoms with Crippen LogP contribution >= 0.6 is 0 Å². The number of carbonyl (C=O) groups excluding carboxylic acids is 2. The minimum atomic E-state index is -0.447. The highest BCUT2D eigenvalue weighted by molar-refractivity contribution is 6.20. The Morgan fingerprint density at radius 1 is 1.05 bits per heavy atom. The highest BCUT2D eigenvalue weighted by Gasteiger charge is 2.36. The molecule has 0 aliphatic carbocycles. The SMILES string of the molecule is COc1ccc(CON2C(=O)c3ccccc3C2=O)cn1. The largest absolute Gasteiger partial charge is 0.481 e.